The van der Waals surface area contributed by atoms with Gasteiger partial charge in [-0.15, -0.1) is 0 Å². The van der Waals surface area contributed by atoms with Gasteiger partial charge in [0.1, 0.15) is 0 Å². The van der Waals surface area contributed by atoms with Gasteiger partial charge >= 0.3 is 0 Å². The zero-order valence-corrected chi connectivity index (χ0v) is 21.0. The molecule has 192 valence electrons. The van der Waals surface area contributed by atoms with Crippen molar-refractivity contribution in [2.24, 2.45) is 5.92 Å². The highest BCUT2D eigenvalue weighted by Crippen LogP contribution is 2.36. The van der Waals surface area contributed by atoms with Crippen molar-refractivity contribution < 1.29 is 26.7 Å². The largest absolute Gasteiger partial charge is 0.378 e. The molecule has 33 heavy (non-hydrogen) atoms. The highest BCUT2D eigenvalue weighted by atomic mass is 19.2. The van der Waals surface area contributed by atoms with E-state index in [9.17, 15) is 22.0 Å². The van der Waals surface area contributed by atoms with Gasteiger partial charge in [0.25, 0.3) is 0 Å². The summed E-state index contributed by atoms with van der Waals surface area (Å²) >= 11 is 0. The van der Waals surface area contributed by atoms with Gasteiger partial charge in [-0.1, -0.05) is 78.6 Å². The smallest absolute Gasteiger partial charge is 0.200 e. The van der Waals surface area contributed by atoms with Crippen LogP contribution in [0, 0.1) is 35.0 Å². The van der Waals surface area contributed by atoms with Crippen LogP contribution in [0.4, 0.5) is 22.0 Å². The van der Waals surface area contributed by atoms with E-state index in [1.807, 2.05) is 0 Å². The number of rotatable bonds is 18. The van der Waals surface area contributed by atoms with Crippen molar-refractivity contribution in [1.82, 2.24) is 0 Å². The standard InChI is InChI=1S/C27H43F5O/c1-5-8-9-10-11-14-17-20(27(6-2,7-3)33-4)18-15-12-13-16-19-21-22(28)24(30)26(32)25(31)23(21)29/h20H,5-19H2,1-4H3. The predicted octanol–water partition coefficient (Wildman–Crippen LogP) is 9.45. The van der Waals surface area contributed by atoms with E-state index in [0.29, 0.717) is 18.8 Å². The Morgan fingerprint density at radius 1 is 0.606 bits per heavy atom. The molecule has 0 aliphatic heterocycles. The molecular formula is C27H43F5O. The molecule has 1 atom stereocenters. The van der Waals surface area contributed by atoms with Gasteiger partial charge in [-0.05, 0) is 44.4 Å². The highest BCUT2D eigenvalue weighted by Gasteiger charge is 2.34. The first kappa shape index (κ1) is 29.9. The van der Waals surface area contributed by atoms with Crippen LogP contribution >= 0.6 is 0 Å². The van der Waals surface area contributed by atoms with E-state index in [2.05, 4.69) is 20.8 Å². The van der Waals surface area contributed by atoms with Crippen LogP contribution in [0.1, 0.15) is 116 Å². The molecule has 0 saturated heterocycles. The van der Waals surface area contributed by atoms with Gasteiger partial charge in [0.2, 0.25) is 5.82 Å². The van der Waals surface area contributed by atoms with Crippen molar-refractivity contribution in [3.63, 3.8) is 0 Å². The molecule has 0 spiro atoms. The predicted molar refractivity (Wildman–Crippen MR) is 125 cm³/mol. The quantitative estimate of drug-likeness (QED) is 0.0883. The van der Waals surface area contributed by atoms with Gasteiger partial charge in [-0.2, -0.15) is 0 Å². The zero-order valence-electron chi connectivity index (χ0n) is 21.0. The second kappa shape index (κ2) is 15.7. The Morgan fingerprint density at radius 3 is 1.48 bits per heavy atom. The molecule has 0 aromatic heterocycles. The molecule has 0 bridgehead atoms. The minimum Gasteiger partial charge on any atom is -0.378 e. The van der Waals surface area contributed by atoms with E-state index in [-0.39, 0.29) is 12.0 Å². The fraction of sp³-hybridized carbons (Fsp3) is 0.778. The molecule has 6 heteroatoms. The monoisotopic (exact) mass is 478 g/mol. The van der Waals surface area contributed by atoms with E-state index < -0.39 is 34.6 Å². The lowest BCUT2D eigenvalue weighted by atomic mass is 9.76. The zero-order chi connectivity index (χ0) is 24.9. The topological polar surface area (TPSA) is 9.23 Å². The van der Waals surface area contributed by atoms with Crippen molar-refractivity contribution in [3.8, 4) is 0 Å². The molecule has 0 fully saturated rings. The van der Waals surface area contributed by atoms with E-state index >= 15 is 0 Å². The molecular weight excluding hydrogens is 435 g/mol. The SMILES string of the molecule is CCCCCCCCC(CCCCCCc1c(F)c(F)c(F)c(F)c1F)C(CC)(CC)OC. The molecule has 0 amide bonds. The maximum atomic E-state index is 13.8. The maximum absolute atomic E-state index is 13.8. The molecule has 1 rings (SSSR count). The lowest BCUT2D eigenvalue weighted by Gasteiger charge is -2.39. The van der Waals surface area contributed by atoms with Crippen LogP contribution in [0.2, 0.25) is 0 Å². The Morgan fingerprint density at radius 2 is 1.03 bits per heavy atom. The first-order valence-electron chi connectivity index (χ1n) is 12.8. The van der Waals surface area contributed by atoms with E-state index in [1.54, 1.807) is 7.11 Å². The first-order chi connectivity index (χ1) is 15.8. The molecule has 0 aliphatic rings. The van der Waals surface area contributed by atoms with Crippen molar-refractivity contribution in [1.29, 1.82) is 0 Å². The lowest BCUT2D eigenvalue weighted by molar-refractivity contribution is -0.0712. The van der Waals surface area contributed by atoms with Gasteiger partial charge in [0.15, 0.2) is 23.3 Å². The maximum Gasteiger partial charge on any atom is 0.200 e. The third-order valence-electron chi connectivity index (χ3n) is 7.28. The Bertz CT molecular complexity index is 650. The molecule has 1 aromatic carbocycles. The summed E-state index contributed by atoms with van der Waals surface area (Å²) in [4.78, 5) is 0. The minimum absolute atomic E-state index is 0.126. The Kier molecular flexibility index (Phi) is 14.2. The van der Waals surface area contributed by atoms with Crippen LogP contribution in [0.5, 0.6) is 0 Å². The van der Waals surface area contributed by atoms with Crippen LogP contribution in [0.3, 0.4) is 0 Å². The molecule has 1 aromatic rings. The van der Waals surface area contributed by atoms with E-state index in [4.69, 9.17) is 4.74 Å². The Hall–Kier alpha value is -1.17. The second-order valence-electron chi connectivity index (χ2n) is 9.23. The molecule has 0 N–H and O–H groups in total. The summed E-state index contributed by atoms with van der Waals surface area (Å²) in [6, 6.07) is 0. The van der Waals surface area contributed by atoms with Crippen LogP contribution in [0.15, 0.2) is 0 Å². The van der Waals surface area contributed by atoms with Crippen molar-refractivity contribution in [2.45, 2.75) is 123 Å². The molecule has 0 heterocycles. The normalized spacial score (nSPS) is 13.0. The summed E-state index contributed by atoms with van der Waals surface area (Å²) in [7, 11) is 1.80. The Labute approximate surface area is 197 Å². The molecule has 0 radical (unpaired) electrons. The molecule has 0 saturated carbocycles. The van der Waals surface area contributed by atoms with Crippen LogP contribution < -0.4 is 0 Å². The molecule has 1 nitrogen and oxygen atoms in total. The number of methoxy groups -OCH3 is 1. The average molecular weight is 479 g/mol. The number of hydrogen-bond acceptors (Lipinski definition) is 1. The van der Waals surface area contributed by atoms with Crippen molar-refractivity contribution >= 4 is 0 Å². The lowest BCUT2D eigenvalue weighted by Crippen LogP contribution is -2.39. The van der Waals surface area contributed by atoms with Crippen LogP contribution in [-0.4, -0.2) is 12.7 Å². The number of hydrogen-bond donors (Lipinski definition) is 0. The van der Waals surface area contributed by atoms with Crippen LogP contribution in [-0.2, 0) is 11.2 Å². The number of halogens is 5. The van der Waals surface area contributed by atoms with Crippen molar-refractivity contribution in [3.05, 3.63) is 34.6 Å². The first-order valence-corrected chi connectivity index (χ1v) is 12.8. The van der Waals surface area contributed by atoms with Gasteiger partial charge in [0.05, 0.1) is 5.60 Å². The molecule has 0 aliphatic carbocycles. The second-order valence-corrected chi connectivity index (χ2v) is 9.23. The molecule has 1 unspecified atom stereocenters. The van der Waals surface area contributed by atoms with Gasteiger partial charge < -0.3 is 4.74 Å². The van der Waals surface area contributed by atoms with Gasteiger partial charge in [0, 0.05) is 12.7 Å². The summed E-state index contributed by atoms with van der Waals surface area (Å²) in [6.07, 6.45) is 14.3. The third kappa shape index (κ3) is 8.52. The third-order valence-corrected chi connectivity index (χ3v) is 7.28. The average Bonchev–Trinajstić information content (AvgIpc) is 2.83. The van der Waals surface area contributed by atoms with Gasteiger partial charge in [-0.25, -0.2) is 22.0 Å². The van der Waals surface area contributed by atoms with Gasteiger partial charge in [-0.3, -0.25) is 0 Å². The summed E-state index contributed by atoms with van der Waals surface area (Å²) in [5, 5.41) is 0. The van der Waals surface area contributed by atoms with E-state index in [0.717, 1.165) is 38.5 Å². The highest BCUT2D eigenvalue weighted by molar-refractivity contribution is 5.24. The van der Waals surface area contributed by atoms with E-state index in [1.165, 1.54) is 38.5 Å². The van der Waals surface area contributed by atoms with Crippen molar-refractivity contribution in [2.75, 3.05) is 7.11 Å². The summed E-state index contributed by atoms with van der Waals surface area (Å²) < 4.78 is 73.5. The van der Waals surface area contributed by atoms with Crippen LogP contribution in [0.25, 0.3) is 0 Å². The fourth-order valence-electron chi connectivity index (χ4n) is 5.04. The fourth-order valence-corrected chi connectivity index (χ4v) is 5.04. The summed E-state index contributed by atoms with van der Waals surface area (Å²) in [5.74, 6) is -8.78. The number of benzene rings is 1. The number of ether oxygens (including phenoxy) is 1. The summed E-state index contributed by atoms with van der Waals surface area (Å²) in [6.45, 7) is 6.56. The Balaban J connectivity index is 2.55. The summed E-state index contributed by atoms with van der Waals surface area (Å²) in [5.41, 5.74) is -0.832. The number of unbranched alkanes of at least 4 members (excludes halogenated alkanes) is 8. The minimum atomic E-state index is -2.10.